The van der Waals surface area contributed by atoms with E-state index in [1.807, 2.05) is 24.3 Å². The van der Waals surface area contributed by atoms with Crippen LogP contribution in [0.5, 0.6) is 0 Å². The summed E-state index contributed by atoms with van der Waals surface area (Å²) in [6, 6.07) is 7.87. The van der Waals surface area contributed by atoms with Crippen LogP contribution in [-0.2, 0) is 4.79 Å². The van der Waals surface area contributed by atoms with Crippen molar-refractivity contribution in [2.45, 2.75) is 6.92 Å². The Morgan fingerprint density at radius 1 is 1.43 bits per heavy atom. The molecule has 0 N–H and O–H groups in total. The predicted molar refractivity (Wildman–Crippen MR) is 58.7 cm³/mol. The minimum Gasteiger partial charge on any atom is -0.291 e. The maximum Gasteiger partial charge on any atom is 0.225 e. The van der Waals surface area contributed by atoms with Gasteiger partial charge in [0.1, 0.15) is 0 Å². The minimum atomic E-state index is 0.00376. The Labute approximate surface area is 86.0 Å². The molecule has 0 spiro atoms. The van der Waals surface area contributed by atoms with Crippen LogP contribution < -0.4 is 4.90 Å². The number of fused-ring (bicyclic) bond motifs is 1. The van der Waals surface area contributed by atoms with E-state index in [1.54, 1.807) is 11.9 Å². The van der Waals surface area contributed by atoms with Gasteiger partial charge in [-0.2, -0.15) is 0 Å². The van der Waals surface area contributed by atoms with Gasteiger partial charge in [0.2, 0.25) is 5.91 Å². The van der Waals surface area contributed by atoms with Gasteiger partial charge in [-0.1, -0.05) is 23.5 Å². The molecule has 0 unspecified atom stereocenters. The Balaban J connectivity index is 2.50. The van der Waals surface area contributed by atoms with Crippen molar-refractivity contribution >= 4 is 32.6 Å². The second kappa shape index (κ2) is 3.38. The van der Waals surface area contributed by atoms with Crippen LogP contribution in [0.2, 0.25) is 0 Å². The van der Waals surface area contributed by atoms with Crippen molar-refractivity contribution in [3.05, 3.63) is 24.3 Å². The summed E-state index contributed by atoms with van der Waals surface area (Å²) in [4.78, 5) is 17.0. The molecular weight excluding hydrogens is 196 g/mol. The number of anilines is 1. The second-order valence-corrected chi connectivity index (χ2v) is 4.05. The summed E-state index contributed by atoms with van der Waals surface area (Å²) in [7, 11) is 1.74. The molecule has 0 saturated carbocycles. The van der Waals surface area contributed by atoms with E-state index in [1.165, 1.54) is 18.3 Å². The zero-order valence-corrected chi connectivity index (χ0v) is 8.84. The van der Waals surface area contributed by atoms with Crippen molar-refractivity contribution in [3.63, 3.8) is 0 Å². The Hall–Kier alpha value is -1.42. The van der Waals surface area contributed by atoms with Crippen molar-refractivity contribution < 1.29 is 4.79 Å². The Bertz CT molecular complexity index is 445. The number of carbonyl (C=O) groups is 1. The van der Waals surface area contributed by atoms with Gasteiger partial charge >= 0.3 is 0 Å². The SMILES string of the molecule is CC(=O)N(C)c1nc2ccccc2s1. The molecule has 1 aromatic carbocycles. The zero-order chi connectivity index (χ0) is 10.1. The number of hydrogen-bond acceptors (Lipinski definition) is 3. The lowest BCUT2D eigenvalue weighted by molar-refractivity contribution is -0.116. The molecule has 0 radical (unpaired) electrons. The molecule has 1 aromatic heterocycles. The number of carbonyl (C=O) groups excluding carboxylic acids is 1. The van der Waals surface area contributed by atoms with Crippen LogP contribution in [0, 0.1) is 0 Å². The van der Waals surface area contributed by atoms with Gasteiger partial charge in [-0.05, 0) is 12.1 Å². The average Bonchev–Trinajstić information content (AvgIpc) is 2.59. The van der Waals surface area contributed by atoms with E-state index in [0.29, 0.717) is 0 Å². The van der Waals surface area contributed by atoms with E-state index in [0.717, 1.165) is 15.3 Å². The molecule has 0 bridgehead atoms. The highest BCUT2D eigenvalue weighted by molar-refractivity contribution is 7.22. The molecule has 0 saturated heterocycles. The minimum absolute atomic E-state index is 0.00376. The van der Waals surface area contributed by atoms with Gasteiger partial charge in [-0.25, -0.2) is 4.98 Å². The van der Waals surface area contributed by atoms with Crippen LogP contribution in [-0.4, -0.2) is 17.9 Å². The third-order valence-corrected chi connectivity index (χ3v) is 3.15. The lowest BCUT2D eigenvalue weighted by atomic mass is 10.3. The number of thiazole rings is 1. The number of benzene rings is 1. The standard InChI is InChI=1S/C10H10N2OS/c1-7(13)12(2)10-11-8-5-3-4-6-9(8)14-10/h3-6H,1-2H3. The smallest absolute Gasteiger partial charge is 0.225 e. The predicted octanol–water partition coefficient (Wildman–Crippen LogP) is 2.28. The van der Waals surface area contributed by atoms with Gasteiger partial charge in [-0.15, -0.1) is 0 Å². The van der Waals surface area contributed by atoms with Gasteiger partial charge in [0.15, 0.2) is 5.13 Å². The molecule has 1 heterocycles. The highest BCUT2D eigenvalue weighted by Crippen LogP contribution is 2.27. The normalized spacial score (nSPS) is 10.4. The van der Waals surface area contributed by atoms with Gasteiger partial charge in [0.05, 0.1) is 10.2 Å². The molecule has 72 valence electrons. The van der Waals surface area contributed by atoms with Gasteiger partial charge in [0.25, 0.3) is 0 Å². The lowest BCUT2D eigenvalue weighted by Gasteiger charge is -2.08. The fraction of sp³-hybridized carbons (Fsp3) is 0.200. The lowest BCUT2D eigenvalue weighted by Crippen LogP contribution is -2.22. The molecule has 0 atom stereocenters. The Kier molecular flexibility index (Phi) is 2.21. The maximum atomic E-state index is 11.1. The van der Waals surface area contributed by atoms with Gasteiger partial charge in [0, 0.05) is 14.0 Å². The van der Waals surface area contributed by atoms with Crippen molar-refractivity contribution in [2.24, 2.45) is 0 Å². The van der Waals surface area contributed by atoms with Crippen molar-refractivity contribution in [3.8, 4) is 0 Å². The number of amides is 1. The fourth-order valence-corrected chi connectivity index (χ4v) is 2.11. The van der Waals surface area contributed by atoms with E-state index >= 15 is 0 Å². The number of hydrogen-bond donors (Lipinski definition) is 0. The first kappa shape index (κ1) is 9.15. The van der Waals surface area contributed by atoms with E-state index < -0.39 is 0 Å². The molecule has 14 heavy (non-hydrogen) atoms. The summed E-state index contributed by atoms with van der Waals surface area (Å²) in [6.45, 7) is 1.53. The Morgan fingerprint density at radius 3 is 2.79 bits per heavy atom. The molecule has 0 aliphatic rings. The molecular formula is C10H10N2OS. The number of nitrogens with zero attached hydrogens (tertiary/aromatic N) is 2. The van der Waals surface area contributed by atoms with E-state index in [9.17, 15) is 4.79 Å². The van der Waals surface area contributed by atoms with Gasteiger partial charge < -0.3 is 0 Å². The third kappa shape index (κ3) is 1.48. The van der Waals surface area contributed by atoms with Crippen LogP contribution in [0.15, 0.2) is 24.3 Å². The largest absolute Gasteiger partial charge is 0.291 e. The fourth-order valence-electron chi connectivity index (χ4n) is 1.14. The van der Waals surface area contributed by atoms with Crippen molar-refractivity contribution in [1.82, 2.24) is 4.98 Å². The van der Waals surface area contributed by atoms with Crippen molar-refractivity contribution in [1.29, 1.82) is 0 Å². The molecule has 3 nitrogen and oxygen atoms in total. The topological polar surface area (TPSA) is 33.2 Å². The van der Waals surface area contributed by atoms with Crippen LogP contribution in [0.3, 0.4) is 0 Å². The molecule has 0 aliphatic carbocycles. The van der Waals surface area contributed by atoms with Gasteiger partial charge in [-0.3, -0.25) is 9.69 Å². The summed E-state index contributed by atoms with van der Waals surface area (Å²) in [5, 5.41) is 0.749. The molecule has 2 rings (SSSR count). The van der Waals surface area contributed by atoms with Crippen LogP contribution in [0.25, 0.3) is 10.2 Å². The summed E-state index contributed by atoms with van der Waals surface area (Å²) < 4.78 is 1.11. The number of aromatic nitrogens is 1. The van der Waals surface area contributed by atoms with E-state index in [2.05, 4.69) is 4.98 Å². The molecule has 0 fully saturated rings. The molecule has 2 aromatic rings. The average molecular weight is 206 g/mol. The summed E-state index contributed by atoms with van der Waals surface area (Å²) in [6.07, 6.45) is 0. The number of para-hydroxylation sites is 1. The first-order valence-corrected chi connectivity index (χ1v) is 5.10. The van der Waals surface area contributed by atoms with Crippen LogP contribution >= 0.6 is 11.3 Å². The monoisotopic (exact) mass is 206 g/mol. The highest BCUT2D eigenvalue weighted by atomic mass is 32.1. The summed E-state index contributed by atoms with van der Waals surface area (Å²) in [5.74, 6) is 0.00376. The molecule has 1 amide bonds. The molecule has 0 aliphatic heterocycles. The van der Waals surface area contributed by atoms with Crippen LogP contribution in [0.1, 0.15) is 6.92 Å². The summed E-state index contributed by atoms with van der Waals surface area (Å²) >= 11 is 1.53. The number of rotatable bonds is 1. The highest BCUT2D eigenvalue weighted by Gasteiger charge is 2.10. The molecule has 4 heteroatoms. The van der Waals surface area contributed by atoms with Crippen LogP contribution in [0.4, 0.5) is 5.13 Å². The third-order valence-electron chi connectivity index (χ3n) is 2.04. The Morgan fingerprint density at radius 2 is 2.14 bits per heavy atom. The maximum absolute atomic E-state index is 11.1. The first-order chi connectivity index (χ1) is 6.68. The van der Waals surface area contributed by atoms with Crippen molar-refractivity contribution in [2.75, 3.05) is 11.9 Å². The zero-order valence-electron chi connectivity index (χ0n) is 8.02. The summed E-state index contributed by atoms with van der Waals surface area (Å²) in [5.41, 5.74) is 0.945. The van der Waals surface area contributed by atoms with E-state index in [-0.39, 0.29) is 5.91 Å². The van der Waals surface area contributed by atoms with E-state index in [4.69, 9.17) is 0 Å². The first-order valence-electron chi connectivity index (χ1n) is 4.28. The quantitative estimate of drug-likeness (QED) is 0.717. The second-order valence-electron chi connectivity index (χ2n) is 3.04.